The van der Waals surface area contributed by atoms with E-state index >= 15 is 0 Å². The molecule has 27 nitrogen and oxygen atoms in total. The Morgan fingerprint density at radius 1 is 0.923 bits per heavy atom. The lowest BCUT2D eigenvalue weighted by Gasteiger charge is -2.33. The average Bonchev–Trinajstić information content (AvgIpc) is 3.95. The van der Waals surface area contributed by atoms with Gasteiger partial charge in [0, 0.05) is 50.3 Å². The number of nitrogens with zero attached hydrogens (tertiary/aromatic N) is 2. The number of fused-ring (bicyclic) bond motifs is 6. The van der Waals surface area contributed by atoms with Crippen LogP contribution in [0.25, 0.3) is 10.9 Å². The van der Waals surface area contributed by atoms with Crippen LogP contribution < -0.4 is 47.7 Å². The normalized spacial score (nSPS) is 27.9. The molecule has 0 spiro atoms. The molecule has 6 aliphatic rings. The zero-order valence-electron chi connectivity index (χ0n) is 44.5. The van der Waals surface area contributed by atoms with E-state index in [1.165, 1.54) is 11.8 Å². The van der Waals surface area contributed by atoms with Gasteiger partial charge in [0.05, 0.1) is 67.0 Å². The second-order valence-electron chi connectivity index (χ2n) is 21.3. The fourth-order valence-corrected chi connectivity index (χ4v) is 11.5. The van der Waals surface area contributed by atoms with Gasteiger partial charge in [-0.05, 0) is 63.1 Å². The largest absolute Gasteiger partial charge is 0.493 e. The number of aromatic amines is 1. The minimum atomic E-state index is -2.39. The van der Waals surface area contributed by atoms with Gasteiger partial charge >= 0.3 is 6.09 Å². The standard InChI is InChI=1S/C50H73N11O16S/c1-7-28-25(10-8-9-13-60(6)49(74)77-50(3,4)5)22-76-27-11-12-29-30-16-32-42(68)52-19-39(67)58-41(28)45(71)53-18-38(66)54-34(23-78(75)47(30)57-31(29)15-27)43(69)56-33(17-37(51)65)48(73)61-20-26(63)14-35(61)44(70)59-40(46(72)55-32)24(2)36(64)21-62/h11-12,15,24-26,28,32-36,40-41,57,62-64H,7-10,13-14,16-23H2,1-6H3,(H2,51,65)(H,52,68)(H,53,71)(H,54,66)(H,55,72)(H,56,69)(H,58,67)(H,59,70)/t24-,25?,26+,28+,32-,33?,34-,35-,36-,40-,41-,78?/m0/s1. The highest BCUT2D eigenvalue weighted by molar-refractivity contribution is 7.85. The van der Waals surface area contributed by atoms with Crippen molar-refractivity contribution in [2.75, 3.05) is 52.2 Å². The number of hydrogen-bond acceptors (Lipinski definition) is 16. The zero-order chi connectivity index (χ0) is 57.3. The van der Waals surface area contributed by atoms with Crippen LogP contribution in [0.4, 0.5) is 4.79 Å². The number of nitrogens with two attached hydrogens (primary N) is 1. The number of nitrogens with one attached hydrogen (secondary N) is 8. The summed E-state index contributed by atoms with van der Waals surface area (Å²) < 4.78 is 26.9. The molecule has 0 aliphatic carbocycles. The summed E-state index contributed by atoms with van der Waals surface area (Å²) >= 11 is 0. The van der Waals surface area contributed by atoms with Crippen molar-refractivity contribution in [3.05, 3.63) is 23.8 Å². The van der Waals surface area contributed by atoms with Crippen LogP contribution in [0.1, 0.15) is 78.7 Å². The van der Waals surface area contributed by atoms with E-state index in [0.29, 0.717) is 42.5 Å². The van der Waals surface area contributed by atoms with Gasteiger partial charge in [0.15, 0.2) is 0 Å². The first-order chi connectivity index (χ1) is 36.8. The number of hydrogen-bond donors (Lipinski definition) is 12. The number of carbonyl (C=O) groups excluding carboxylic acids is 10. The Kier molecular flexibility index (Phi) is 20.2. The summed E-state index contributed by atoms with van der Waals surface area (Å²) in [7, 11) is -0.779. The first-order valence-electron chi connectivity index (χ1n) is 26.0. The summed E-state index contributed by atoms with van der Waals surface area (Å²) in [6.07, 6.45) is -3.69. The Balaban J connectivity index is 1.52. The van der Waals surface area contributed by atoms with Crippen LogP contribution in [0, 0.1) is 17.8 Å². The zero-order valence-corrected chi connectivity index (χ0v) is 45.3. The van der Waals surface area contributed by atoms with Crippen molar-refractivity contribution in [3.63, 3.8) is 0 Å². The molecular weight excluding hydrogens is 1040 g/mol. The maximum atomic E-state index is 15.0. The molecule has 1 aromatic heterocycles. The van der Waals surface area contributed by atoms with E-state index in [1.807, 2.05) is 0 Å². The molecule has 3 unspecified atom stereocenters. The van der Waals surface area contributed by atoms with Gasteiger partial charge in [-0.25, -0.2) is 4.79 Å². The van der Waals surface area contributed by atoms with Gasteiger partial charge < -0.3 is 82.5 Å². The highest BCUT2D eigenvalue weighted by atomic mass is 32.2. The van der Waals surface area contributed by atoms with Gasteiger partial charge in [0.1, 0.15) is 52.6 Å². The summed E-state index contributed by atoms with van der Waals surface area (Å²) in [6.45, 7) is 5.65. The van der Waals surface area contributed by atoms with E-state index in [9.17, 15) is 67.5 Å². The number of primary amides is 1. The van der Waals surface area contributed by atoms with Gasteiger partial charge in [0.25, 0.3) is 0 Å². The average molecular weight is 1120 g/mol. The summed E-state index contributed by atoms with van der Waals surface area (Å²) in [5, 5.41) is 49.6. The van der Waals surface area contributed by atoms with Crippen molar-refractivity contribution in [3.8, 4) is 5.75 Å². The predicted molar refractivity (Wildman–Crippen MR) is 277 cm³/mol. The van der Waals surface area contributed by atoms with Crippen LogP contribution in [0.5, 0.6) is 5.75 Å². The molecule has 28 heteroatoms. The molecule has 78 heavy (non-hydrogen) atoms. The fourth-order valence-electron chi connectivity index (χ4n) is 10.1. The summed E-state index contributed by atoms with van der Waals surface area (Å²) in [5.41, 5.74) is 5.26. The van der Waals surface area contributed by atoms with Crippen LogP contribution in [0.2, 0.25) is 0 Å². The molecule has 8 bridgehead atoms. The summed E-state index contributed by atoms with van der Waals surface area (Å²) in [5.74, 6) is -12.3. The predicted octanol–water partition coefficient (Wildman–Crippen LogP) is -3.60. The third-order valence-corrected chi connectivity index (χ3v) is 15.7. The van der Waals surface area contributed by atoms with E-state index in [0.717, 1.165) is 4.90 Å². The third kappa shape index (κ3) is 15.2. The minimum absolute atomic E-state index is 0.0144. The molecule has 6 aliphatic heterocycles. The minimum Gasteiger partial charge on any atom is -0.493 e. The van der Waals surface area contributed by atoms with E-state index in [2.05, 4.69) is 42.2 Å². The van der Waals surface area contributed by atoms with Crippen LogP contribution in [-0.4, -0.2) is 200 Å². The van der Waals surface area contributed by atoms with E-state index in [4.69, 9.17) is 15.2 Å². The molecule has 1 fully saturated rings. The van der Waals surface area contributed by atoms with Crippen LogP contribution in [-0.2, 0) is 65.1 Å². The monoisotopic (exact) mass is 1120 g/mol. The molecule has 10 amide bonds. The Morgan fingerprint density at radius 2 is 1.62 bits per heavy atom. The van der Waals surface area contributed by atoms with Gasteiger partial charge in [-0.2, -0.15) is 0 Å². The number of unbranched alkanes of at least 4 members (excludes halogenated alkanes) is 1. The molecule has 12 atom stereocenters. The first kappa shape index (κ1) is 60.3. The molecular formula is C50H73N11O16S. The van der Waals surface area contributed by atoms with Gasteiger partial charge in [0.2, 0.25) is 53.2 Å². The molecule has 0 saturated carbocycles. The highest BCUT2D eigenvalue weighted by Gasteiger charge is 2.45. The number of aliphatic hydroxyl groups is 3. The van der Waals surface area contributed by atoms with Gasteiger partial charge in [-0.15, -0.1) is 0 Å². The lowest BCUT2D eigenvalue weighted by atomic mass is 9.80. The lowest BCUT2D eigenvalue weighted by Crippen LogP contribution is -2.62. The smallest absolute Gasteiger partial charge is 0.410 e. The molecule has 7 heterocycles. The number of ether oxygens (including phenoxy) is 2. The Labute approximate surface area is 452 Å². The molecule has 1 saturated heterocycles. The molecule has 8 rings (SSSR count). The van der Waals surface area contributed by atoms with Crippen molar-refractivity contribution < 1.29 is 76.9 Å². The van der Waals surface area contributed by atoms with Crippen LogP contribution in [0.3, 0.4) is 0 Å². The molecule has 430 valence electrons. The highest BCUT2D eigenvalue weighted by Crippen LogP contribution is 2.33. The van der Waals surface area contributed by atoms with Gasteiger partial charge in [-0.3, -0.25) is 47.4 Å². The number of amides is 10. The number of rotatable bonds is 11. The number of aromatic nitrogens is 1. The van der Waals surface area contributed by atoms with E-state index < -0.39 is 193 Å². The van der Waals surface area contributed by atoms with Crippen LogP contribution >= 0.6 is 0 Å². The van der Waals surface area contributed by atoms with Crippen LogP contribution in [0.15, 0.2) is 23.2 Å². The Hall–Kier alpha value is -6.91. The molecule has 1 aromatic carbocycles. The second kappa shape index (κ2) is 26.2. The summed E-state index contributed by atoms with van der Waals surface area (Å²) in [6, 6.07) is -5.39. The maximum absolute atomic E-state index is 15.0. The fraction of sp³-hybridized carbons (Fsp3) is 0.640. The Bertz CT molecular complexity index is 2640. The number of H-pyrrole nitrogens is 1. The van der Waals surface area contributed by atoms with Crippen molar-refractivity contribution >= 4 is 81.0 Å². The topological polar surface area (TPSA) is 399 Å². The van der Waals surface area contributed by atoms with E-state index in [1.54, 1.807) is 52.9 Å². The van der Waals surface area contributed by atoms with Crippen molar-refractivity contribution in [1.29, 1.82) is 0 Å². The maximum Gasteiger partial charge on any atom is 0.410 e. The lowest BCUT2D eigenvalue weighted by molar-refractivity contribution is -0.144. The number of aliphatic hydroxyl groups excluding tert-OH is 3. The Morgan fingerprint density at radius 3 is 2.28 bits per heavy atom. The van der Waals surface area contributed by atoms with Crippen molar-refractivity contribution in [2.24, 2.45) is 23.5 Å². The quantitative estimate of drug-likeness (QED) is 0.0968. The van der Waals surface area contributed by atoms with Gasteiger partial charge in [-0.1, -0.05) is 26.7 Å². The molecule has 2 aromatic rings. The second-order valence-corrected chi connectivity index (χ2v) is 22.7. The first-order valence-corrected chi connectivity index (χ1v) is 27.3. The SMILES string of the molecule is CC[C@@H]1C(CCCCN(C)C(=O)OC(C)(C)C)COc2ccc3c4c([nH]c3c2)S(=O)C[C@@H]2NC(=O)CNC(=O)[C@H]1NC(=O)CNC(=O)[C@H](C4)NC(=O)[C@H]([C@@H](C)[C@@H](O)CO)NC(=O)[C@@H]1C[C@@H](O)CN1C(=O)C(CC(N)=O)NC2=O. The molecule has 13 N–H and O–H groups in total. The number of benzene rings is 1. The third-order valence-electron chi connectivity index (χ3n) is 14.3. The summed E-state index contributed by atoms with van der Waals surface area (Å²) in [4.78, 5) is 146. The van der Waals surface area contributed by atoms with E-state index in [-0.39, 0.29) is 23.6 Å². The molecule has 0 radical (unpaired) electrons. The number of carbonyl (C=O) groups is 10. The van der Waals surface area contributed by atoms with Crippen molar-refractivity contribution in [1.82, 2.24) is 52.0 Å². The van der Waals surface area contributed by atoms with Crippen molar-refractivity contribution in [2.45, 2.75) is 139 Å².